The molecule has 54 valence electrons. The van der Waals surface area contributed by atoms with Crippen LogP contribution in [-0.4, -0.2) is 11.1 Å². The summed E-state index contributed by atoms with van der Waals surface area (Å²) in [6.07, 6.45) is 0. The van der Waals surface area contributed by atoms with E-state index in [2.05, 4.69) is 12.6 Å². The molecule has 0 fully saturated rings. The van der Waals surface area contributed by atoms with Gasteiger partial charge in [-0.05, 0) is 24.3 Å². The van der Waals surface area contributed by atoms with Crippen LogP contribution in [0.3, 0.4) is 0 Å². The van der Waals surface area contributed by atoms with Crippen molar-refractivity contribution < 1.29 is 29.4 Å². The monoisotopic (exact) mass is 218 g/mol. The molecule has 1 aromatic carbocycles. The average molecular weight is 220 g/mol. The van der Waals surface area contributed by atoms with Crippen molar-refractivity contribution in [2.45, 2.75) is 4.90 Å². The Labute approximate surface area is 82.8 Å². The number of benzene rings is 1. The minimum atomic E-state index is -0.909. The van der Waals surface area contributed by atoms with Crippen LogP contribution in [0.25, 0.3) is 0 Å². The van der Waals surface area contributed by atoms with Crippen LogP contribution in [0.4, 0.5) is 0 Å². The van der Waals surface area contributed by atoms with Gasteiger partial charge in [-0.3, -0.25) is 0 Å². The van der Waals surface area contributed by atoms with Gasteiger partial charge in [-0.25, -0.2) is 4.79 Å². The molecule has 0 heterocycles. The third-order valence-electron chi connectivity index (χ3n) is 1.11. The number of thiol groups is 1. The molecule has 1 N–H and O–H groups in total. The fourth-order valence-corrected chi connectivity index (χ4v) is 0.753. The normalized spacial score (nSPS) is 8.45. The van der Waals surface area contributed by atoms with Gasteiger partial charge in [-0.1, -0.05) is 0 Å². The molecule has 0 saturated carbocycles. The van der Waals surface area contributed by atoms with Gasteiger partial charge in [0, 0.05) is 24.4 Å². The molecule has 0 saturated heterocycles. The molecule has 0 radical (unpaired) electrons. The van der Waals surface area contributed by atoms with Crippen molar-refractivity contribution in [3.63, 3.8) is 0 Å². The van der Waals surface area contributed by atoms with Crippen LogP contribution < -0.4 is 0 Å². The van der Waals surface area contributed by atoms with Gasteiger partial charge in [0.15, 0.2) is 0 Å². The van der Waals surface area contributed by atoms with Crippen LogP contribution in [0.15, 0.2) is 29.2 Å². The van der Waals surface area contributed by atoms with E-state index in [4.69, 9.17) is 5.11 Å². The molecule has 0 aromatic heterocycles. The minimum Gasteiger partial charge on any atom is -0.478 e. The molecule has 1 aromatic rings. The van der Waals surface area contributed by atoms with Crippen molar-refractivity contribution in [1.29, 1.82) is 0 Å². The van der Waals surface area contributed by atoms with Crippen LogP contribution >= 0.6 is 12.6 Å². The Hall–Kier alpha value is -0.337. The Morgan fingerprint density at radius 3 is 2.09 bits per heavy atom. The second-order valence-electron chi connectivity index (χ2n) is 1.85. The van der Waals surface area contributed by atoms with Crippen LogP contribution in [0.5, 0.6) is 0 Å². The predicted octanol–water partition coefficient (Wildman–Crippen LogP) is 1.67. The summed E-state index contributed by atoms with van der Waals surface area (Å²) >= 11 is 4.01. The molecule has 0 unspecified atom stereocenters. The summed E-state index contributed by atoms with van der Waals surface area (Å²) in [5.41, 5.74) is 0.290. The summed E-state index contributed by atoms with van der Waals surface area (Å²) in [4.78, 5) is 11.1. The van der Waals surface area contributed by atoms with Gasteiger partial charge < -0.3 is 5.11 Å². The summed E-state index contributed by atoms with van der Waals surface area (Å²) < 4.78 is 0. The van der Waals surface area contributed by atoms with Gasteiger partial charge in [-0.15, -0.1) is 12.6 Å². The Bertz CT molecular complexity index is 245. The maximum absolute atomic E-state index is 10.3. The quantitative estimate of drug-likeness (QED) is 0.557. The summed E-state index contributed by atoms with van der Waals surface area (Å²) in [5, 5.41) is 8.45. The molecule has 0 aliphatic heterocycles. The van der Waals surface area contributed by atoms with Crippen molar-refractivity contribution in [1.82, 2.24) is 0 Å². The molecule has 1 rings (SSSR count). The number of aromatic carboxylic acids is 1. The maximum atomic E-state index is 10.3. The van der Waals surface area contributed by atoms with E-state index >= 15 is 0 Å². The molecule has 4 heteroatoms. The fraction of sp³-hybridized carbons (Fsp3) is 0. The largest absolute Gasteiger partial charge is 0.478 e. The van der Waals surface area contributed by atoms with Gasteiger partial charge in [-0.2, -0.15) is 0 Å². The van der Waals surface area contributed by atoms with Gasteiger partial charge in [0.1, 0.15) is 0 Å². The summed E-state index contributed by atoms with van der Waals surface area (Å²) in [7, 11) is 0. The van der Waals surface area contributed by atoms with E-state index in [1.54, 1.807) is 12.1 Å². The summed E-state index contributed by atoms with van der Waals surface area (Å²) in [6, 6.07) is 6.33. The van der Waals surface area contributed by atoms with Gasteiger partial charge >= 0.3 is 5.97 Å². The molecule has 0 aliphatic carbocycles. The van der Waals surface area contributed by atoms with E-state index in [0.717, 1.165) is 4.90 Å². The van der Waals surface area contributed by atoms with Gasteiger partial charge in [0.2, 0.25) is 0 Å². The zero-order chi connectivity index (χ0) is 7.56. The van der Waals surface area contributed by atoms with E-state index in [1.807, 2.05) is 0 Å². The molecule has 11 heavy (non-hydrogen) atoms. The van der Waals surface area contributed by atoms with E-state index in [0.29, 0.717) is 0 Å². The molecule has 2 nitrogen and oxygen atoms in total. The first-order valence-corrected chi connectivity index (χ1v) is 3.17. The van der Waals surface area contributed by atoms with Crippen molar-refractivity contribution in [3.8, 4) is 0 Å². The standard InChI is InChI=1S/C7H6O2S.Zn/c8-7(9)5-1-3-6(10)4-2-5;/h1-4,10H,(H,8,9);. The van der Waals surface area contributed by atoms with Crippen LogP contribution in [-0.2, 0) is 19.5 Å². The van der Waals surface area contributed by atoms with Gasteiger partial charge in [0.25, 0.3) is 0 Å². The third kappa shape index (κ3) is 3.04. The predicted molar refractivity (Wildman–Crippen MR) is 40.7 cm³/mol. The molecule has 0 amide bonds. The van der Waals surface area contributed by atoms with Crippen LogP contribution in [0.2, 0.25) is 0 Å². The maximum Gasteiger partial charge on any atom is 0.335 e. The van der Waals surface area contributed by atoms with Crippen LogP contribution in [0.1, 0.15) is 10.4 Å². The first-order chi connectivity index (χ1) is 4.70. The molecule has 0 atom stereocenters. The Morgan fingerprint density at radius 2 is 1.73 bits per heavy atom. The smallest absolute Gasteiger partial charge is 0.335 e. The molecular formula is C7H6O2SZn. The number of carboxylic acids is 1. The Balaban J connectivity index is 0.000001000. The number of rotatable bonds is 1. The van der Waals surface area contributed by atoms with Gasteiger partial charge in [0.05, 0.1) is 5.56 Å². The summed E-state index contributed by atoms with van der Waals surface area (Å²) in [5.74, 6) is -0.909. The zero-order valence-electron chi connectivity index (χ0n) is 5.82. The zero-order valence-corrected chi connectivity index (χ0v) is 9.68. The molecule has 0 aliphatic rings. The number of carboxylic acid groups (broad SMARTS) is 1. The molecular weight excluding hydrogens is 214 g/mol. The van der Waals surface area contributed by atoms with Crippen molar-refractivity contribution >= 4 is 18.6 Å². The van der Waals surface area contributed by atoms with Crippen molar-refractivity contribution in [2.75, 3.05) is 0 Å². The van der Waals surface area contributed by atoms with E-state index in [1.165, 1.54) is 12.1 Å². The second kappa shape index (κ2) is 4.52. The van der Waals surface area contributed by atoms with Crippen LogP contribution in [0, 0.1) is 0 Å². The average Bonchev–Trinajstić information content (AvgIpc) is 1.88. The molecule has 0 bridgehead atoms. The van der Waals surface area contributed by atoms with E-state index in [9.17, 15) is 4.79 Å². The fourth-order valence-electron chi connectivity index (χ4n) is 0.604. The minimum absolute atomic E-state index is 0. The van der Waals surface area contributed by atoms with E-state index < -0.39 is 5.97 Å². The van der Waals surface area contributed by atoms with E-state index in [-0.39, 0.29) is 25.0 Å². The first kappa shape index (κ1) is 10.7. The Morgan fingerprint density at radius 1 is 1.27 bits per heavy atom. The number of hydrogen-bond donors (Lipinski definition) is 2. The van der Waals surface area contributed by atoms with Crippen molar-refractivity contribution in [2.24, 2.45) is 0 Å². The SMILES string of the molecule is O=C(O)c1ccc(S)cc1.[Zn]. The first-order valence-electron chi connectivity index (χ1n) is 2.72. The molecule has 0 spiro atoms. The van der Waals surface area contributed by atoms with Crippen molar-refractivity contribution in [3.05, 3.63) is 29.8 Å². The number of hydrogen-bond acceptors (Lipinski definition) is 2. The topological polar surface area (TPSA) is 37.3 Å². The third-order valence-corrected chi connectivity index (χ3v) is 1.41. The summed E-state index contributed by atoms with van der Waals surface area (Å²) in [6.45, 7) is 0. The number of carbonyl (C=O) groups is 1. The Kier molecular flexibility index (Phi) is 4.38. The second-order valence-corrected chi connectivity index (χ2v) is 2.37.